The van der Waals surface area contributed by atoms with Gasteiger partial charge < -0.3 is 16.0 Å². The van der Waals surface area contributed by atoms with E-state index in [0.717, 1.165) is 0 Å². The predicted octanol–water partition coefficient (Wildman–Crippen LogP) is 2.11. The van der Waals surface area contributed by atoms with Crippen molar-refractivity contribution in [2.45, 2.75) is 39.4 Å². The van der Waals surface area contributed by atoms with E-state index < -0.39 is 11.7 Å². The van der Waals surface area contributed by atoms with Gasteiger partial charge in [-0.25, -0.2) is 9.18 Å². The molecule has 1 aromatic heterocycles. The van der Waals surface area contributed by atoms with Gasteiger partial charge in [-0.05, 0) is 32.9 Å². The second-order valence-corrected chi connectivity index (χ2v) is 7.37. The fourth-order valence-corrected chi connectivity index (χ4v) is 2.99. The van der Waals surface area contributed by atoms with Crippen molar-refractivity contribution < 1.29 is 14.0 Å². The molecule has 2 aromatic rings. The quantitative estimate of drug-likeness (QED) is 0.860. The summed E-state index contributed by atoms with van der Waals surface area (Å²) in [6.45, 7) is 6.80. The normalized spacial score (nSPS) is 14.1. The molecule has 0 saturated carbocycles. The molecule has 0 radical (unpaired) electrons. The topological polar surface area (TPSA) is 93.2 Å². The zero-order valence-corrected chi connectivity index (χ0v) is 15.0. The Balaban J connectivity index is 1.98. The van der Waals surface area contributed by atoms with E-state index in [1.807, 2.05) is 20.8 Å². The number of carbonyl (C=O) groups excluding carboxylic acids is 2. The number of hydrogen-bond acceptors (Lipinski definition) is 3. The SMILES string of the molecule is CC(C)(C)NC(=O)N1CCn2nc(-c3cccc(F)c3)c(C(N)=O)c2C1. The van der Waals surface area contributed by atoms with Gasteiger partial charge in [0.1, 0.15) is 11.5 Å². The van der Waals surface area contributed by atoms with E-state index >= 15 is 0 Å². The number of halogens is 1. The zero-order valence-electron chi connectivity index (χ0n) is 15.0. The van der Waals surface area contributed by atoms with Crippen molar-refractivity contribution in [1.82, 2.24) is 20.0 Å². The summed E-state index contributed by atoms with van der Waals surface area (Å²) in [7, 11) is 0. The Kier molecular flexibility index (Phi) is 4.43. The van der Waals surface area contributed by atoms with Crippen LogP contribution in [0.25, 0.3) is 11.3 Å². The Bertz CT molecular complexity index is 869. The molecule has 1 aliphatic heterocycles. The highest BCUT2D eigenvalue weighted by Crippen LogP contribution is 2.28. The first-order chi connectivity index (χ1) is 12.2. The van der Waals surface area contributed by atoms with Crippen LogP contribution >= 0.6 is 0 Å². The van der Waals surface area contributed by atoms with Gasteiger partial charge in [0.15, 0.2) is 0 Å². The molecule has 0 atom stereocenters. The molecule has 0 unspecified atom stereocenters. The van der Waals surface area contributed by atoms with Gasteiger partial charge in [0.25, 0.3) is 5.91 Å². The van der Waals surface area contributed by atoms with Gasteiger partial charge in [0.2, 0.25) is 0 Å². The summed E-state index contributed by atoms with van der Waals surface area (Å²) in [5.41, 5.74) is 6.81. The Morgan fingerprint density at radius 3 is 2.62 bits per heavy atom. The third-order valence-electron chi connectivity index (χ3n) is 4.09. The highest BCUT2D eigenvalue weighted by Gasteiger charge is 2.30. The van der Waals surface area contributed by atoms with Crippen LogP contribution in [0, 0.1) is 5.82 Å². The first-order valence-electron chi connectivity index (χ1n) is 8.38. The monoisotopic (exact) mass is 359 g/mol. The standard InChI is InChI=1S/C18H22FN5O2/c1-18(2,3)21-17(26)23-7-8-24-13(10-23)14(16(20)25)15(22-24)11-5-4-6-12(19)9-11/h4-6,9H,7-8,10H2,1-3H3,(H2,20,25)(H,21,26). The van der Waals surface area contributed by atoms with Crippen molar-refractivity contribution in [1.29, 1.82) is 0 Å². The summed E-state index contributed by atoms with van der Waals surface area (Å²) in [5.74, 6) is -1.07. The first kappa shape index (κ1) is 17.9. The Labute approximate surface area is 151 Å². The van der Waals surface area contributed by atoms with Crippen molar-refractivity contribution >= 4 is 11.9 Å². The number of fused-ring (bicyclic) bond motifs is 1. The predicted molar refractivity (Wildman–Crippen MR) is 94.8 cm³/mol. The maximum atomic E-state index is 13.6. The second-order valence-electron chi connectivity index (χ2n) is 7.37. The van der Waals surface area contributed by atoms with Crippen LogP contribution in [0.2, 0.25) is 0 Å². The van der Waals surface area contributed by atoms with Crippen molar-refractivity contribution in [2.24, 2.45) is 5.73 Å². The lowest BCUT2D eigenvalue weighted by atomic mass is 10.0. The minimum Gasteiger partial charge on any atom is -0.365 e. The maximum Gasteiger partial charge on any atom is 0.318 e. The molecule has 0 saturated heterocycles. The van der Waals surface area contributed by atoms with Crippen LogP contribution in [0.1, 0.15) is 36.8 Å². The molecule has 3 N–H and O–H groups in total. The van der Waals surface area contributed by atoms with Crippen LogP contribution < -0.4 is 11.1 Å². The summed E-state index contributed by atoms with van der Waals surface area (Å²) < 4.78 is 15.3. The van der Waals surface area contributed by atoms with E-state index in [1.165, 1.54) is 12.1 Å². The number of hydrogen-bond donors (Lipinski definition) is 2. The molecule has 138 valence electrons. The van der Waals surface area contributed by atoms with Gasteiger partial charge in [-0.1, -0.05) is 12.1 Å². The molecule has 2 heterocycles. The average Bonchev–Trinajstić information content (AvgIpc) is 2.91. The lowest BCUT2D eigenvalue weighted by Crippen LogP contribution is -2.50. The van der Waals surface area contributed by atoms with E-state index in [0.29, 0.717) is 30.0 Å². The molecule has 3 amide bonds. The molecule has 0 spiro atoms. The van der Waals surface area contributed by atoms with Gasteiger partial charge in [-0.15, -0.1) is 0 Å². The smallest absolute Gasteiger partial charge is 0.318 e. The van der Waals surface area contributed by atoms with Crippen LogP contribution in [0.15, 0.2) is 24.3 Å². The third-order valence-corrected chi connectivity index (χ3v) is 4.09. The minimum atomic E-state index is -0.649. The fraction of sp³-hybridized carbons (Fsp3) is 0.389. The van der Waals surface area contributed by atoms with Crippen LogP contribution in [0.4, 0.5) is 9.18 Å². The Hall–Kier alpha value is -2.90. The van der Waals surface area contributed by atoms with Crippen LogP contribution in [0.3, 0.4) is 0 Å². The number of primary amides is 1. The number of aromatic nitrogens is 2. The minimum absolute atomic E-state index is 0.211. The Morgan fingerprint density at radius 1 is 1.27 bits per heavy atom. The first-order valence-corrected chi connectivity index (χ1v) is 8.38. The lowest BCUT2D eigenvalue weighted by Gasteiger charge is -2.31. The summed E-state index contributed by atoms with van der Waals surface area (Å²) in [6, 6.07) is 5.64. The number of nitrogens with zero attached hydrogens (tertiary/aromatic N) is 3. The van der Waals surface area contributed by atoms with Crippen molar-refractivity contribution in [3.63, 3.8) is 0 Å². The fourth-order valence-electron chi connectivity index (χ4n) is 2.99. The molecule has 26 heavy (non-hydrogen) atoms. The number of nitrogens with two attached hydrogens (primary N) is 1. The molecular formula is C18H22FN5O2. The largest absolute Gasteiger partial charge is 0.365 e. The van der Waals surface area contributed by atoms with E-state index in [2.05, 4.69) is 10.4 Å². The van der Waals surface area contributed by atoms with Crippen LogP contribution in [-0.4, -0.2) is 38.7 Å². The zero-order chi connectivity index (χ0) is 19.1. The molecule has 0 bridgehead atoms. The Morgan fingerprint density at radius 2 is 2.00 bits per heavy atom. The van der Waals surface area contributed by atoms with E-state index in [-0.39, 0.29) is 23.7 Å². The van der Waals surface area contributed by atoms with Crippen molar-refractivity contribution in [2.75, 3.05) is 6.54 Å². The summed E-state index contributed by atoms with van der Waals surface area (Å²) in [4.78, 5) is 26.1. The summed E-state index contributed by atoms with van der Waals surface area (Å²) >= 11 is 0. The van der Waals surface area contributed by atoms with Gasteiger partial charge in [-0.3, -0.25) is 9.48 Å². The van der Waals surface area contributed by atoms with Gasteiger partial charge in [-0.2, -0.15) is 5.10 Å². The molecule has 7 nitrogen and oxygen atoms in total. The molecule has 8 heteroatoms. The van der Waals surface area contributed by atoms with Crippen molar-refractivity contribution in [3.8, 4) is 11.3 Å². The molecule has 1 aliphatic rings. The summed E-state index contributed by atoms with van der Waals surface area (Å²) in [6.07, 6.45) is 0. The number of carbonyl (C=O) groups is 2. The highest BCUT2D eigenvalue weighted by atomic mass is 19.1. The summed E-state index contributed by atoms with van der Waals surface area (Å²) in [5, 5.41) is 7.35. The molecule has 3 rings (SSSR count). The highest BCUT2D eigenvalue weighted by molar-refractivity contribution is 6.00. The van der Waals surface area contributed by atoms with E-state index in [9.17, 15) is 14.0 Å². The molecular weight excluding hydrogens is 337 g/mol. The number of amides is 3. The number of nitrogens with one attached hydrogen (secondary N) is 1. The number of benzene rings is 1. The van der Waals surface area contributed by atoms with Crippen molar-refractivity contribution in [3.05, 3.63) is 41.3 Å². The van der Waals surface area contributed by atoms with Crippen LogP contribution in [-0.2, 0) is 13.1 Å². The number of urea groups is 1. The molecule has 1 aromatic carbocycles. The second kappa shape index (κ2) is 6.44. The van der Waals surface area contributed by atoms with Crippen LogP contribution in [0.5, 0.6) is 0 Å². The van der Waals surface area contributed by atoms with Gasteiger partial charge in [0.05, 0.1) is 24.3 Å². The molecule has 0 aliphatic carbocycles. The third kappa shape index (κ3) is 3.54. The van der Waals surface area contributed by atoms with E-state index in [1.54, 1.807) is 21.7 Å². The van der Waals surface area contributed by atoms with E-state index in [4.69, 9.17) is 5.73 Å². The number of rotatable bonds is 2. The van der Waals surface area contributed by atoms with Gasteiger partial charge in [0, 0.05) is 17.6 Å². The molecule has 0 fully saturated rings. The average molecular weight is 359 g/mol. The maximum absolute atomic E-state index is 13.6. The van der Waals surface area contributed by atoms with Gasteiger partial charge >= 0.3 is 6.03 Å². The lowest BCUT2D eigenvalue weighted by molar-refractivity contribution is 0.0997.